The van der Waals surface area contributed by atoms with Gasteiger partial charge in [-0.25, -0.2) is 0 Å². The number of rotatable bonds is 5. The zero-order chi connectivity index (χ0) is 20.8. The number of halogens is 2. The third-order valence-corrected chi connectivity index (χ3v) is 6.73. The van der Waals surface area contributed by atoms with Crippen LogP contribution in [0.1, 0.15) is 17.5 Å². The molecule has 2 fully saturated rings. The fraction of sp³-hybridized carbons (Fsp3) is 0.261. The van der Waals surface area contributed by atoms with Crippen LogP contribution in [0.3, 0.4) is 0 Å². The van der Waals surface area contributed by atoms with Gasteiger partial charge in [0.15, 0.2) is 0 Å². The van der Waals surface area contributed by atoms with Crippen LogP contribution in [0.2, 0.25) is 10.0 Å². The van der Waals surface area contributed by atoms with Crippen LogP contribution < -0.4 is 4.74 Å². The largest absolute Gasteiger partial charge is 0.487 e. The van der Waals surface area contributed by atoms with Gasteiger partial charge in [-0.3, -0.25) is 9.59 Å². The molecule has 0 spiro atoms. The van der Waals surface area contributed by atoms with E-state index in [9.17, 15) is 9.59 Å². The normalized spacial score (nSPS) is 26.8. The summed E-state index contributed by atoms with van der Waals surface area (Å²) in [5, 5.41) is 6.24. The zero-order valence-electron chi connectivity index (χ0n) is 15.9. The van der Waals surface area contributed by atoms with Crippen molar-refractivity contribution >= 4 is 41.2 Å². The zero-order valence-corrected chi connectivity index (χ0v) is 17.4. The van der Waals surface area contributed by atoms with E-state index in [1.165, 1.54) is 6.21 Å². The average molecular weight is 441 g/mol. The van der Waals surface area contributed by atoms with Gasteiger partial charge in [0, 0.05) is 10.6 Å². The molecule has 1 saturated heterocycles. The van der Waals surface area contributed by atoms with E-state index in [1.807, 2.05) is 18.2 Å². The van der Waals surface area contributed by atoms with Crippen molar-refractivity contribution in [1.29, 1.82) is 0 Å². The Balaban J connectivity index is 1.27. The van der Waals surface area contributed by atoms with Gasteiger partial charge in [-0.15, -0.1) is 0 Å². The third kappa shape index (κ3) is 3.22. The maximum Gasteiger partial charge on any atom is 0.254 e. The van der Waals surface area contributed by atoms with Gasteiger partial charge in [0.25, 0.3) is 11.8 Å². The van der Waals surface area contributed by atoms with Crippen molar-refractivity contribution in [3.63, 3.8) is 0 Å². The van der Waals surface area contributed by atoms with Crippen LogP contribution in [-0.2, 0) is 16.2 Å². The van der Waals surface area contributed by atoms with Gasteiger partial charge in [0.05, 0.1) is 23.1 Å². The molecular weight excluding hydrogens is 423 g/mol. The van der Waals surface area contributed by atoms with Crippen LogP contribution in [0.4, 0.5) is 0 Å². The van der Waals surface area contributed by atoms with Gasteiger partial charge in [-0.05, 0) is 48.1 Å². The quantitative estimate of drug-likeness (QED) is 0.384. The first-order valence-electron chi connectivity index (χ1n) is 9.79. The van der Waals surface area contributed by atoms with Crippen LogP contribution >= 0.6 is 23.2 Å². The lowest BCUT2D eigenvalue weighted by atomic mass is 9.85. The minimum absolute atomic E-state index is 0.167. The van der Waals surface area contributed by atoms with E-state index in [-0.39, 0.29) is 35.5 Å². The predicted octanol–water partition coefficient (Wildman–Crippen LogP) is 4.71. The van der Waals surface area contributed by atoms with E-state index in [2.05, 4.69) is 17.3 Å². The predicted molar refractivity (Wildman–Crippen MR) is 114 cm³/mol. The number of benzene rings is 2. The number of carbonyl (C=O) groups excluding carboxylic acids is 2. The molecule has 2 amide bonds. The number of hydrogen-bond donors (Lipinski definition) is 0. The molecule has 152 valence electrons. The Hall–Kier alpha value is -2.63. The van der Waals surface area contributed by atoms with E-state index in [4.69, 9.17) is 27.9 Å². The molecule has 7 heteroatoms. The van der Waals surface area contributed by atoms with Crippen LogP contribution in [-0.4, -0.2) is 23.0 Å². The molecule has 30 heavy (non-hydrogen) atoms. The van der Waals surface area contributed by atoms with Crippen molar-refractivity contribution in [3.8, 4) is 5.75 Å². The number of nitrogens with zero attached hydrogens (tertiary/aromatic N) is 2. The average Bonchev–Trinajstić information content (AvgIpc) is 3.41. The molecule has 5 nitrogen and oxygen atoms in total. The second kappa shape index (κ2) is 7.56. The summed E-state index contributed by atoms with van der Waals surface area (Å²) < 4.78 is 5.77. The third-order valence-electron chi connectivity index (χ3n) is 6.07. The van der Waals surface area contributed by atoms with Crippen LogP contribution in [0.5, 0.6) is 5.75 Å². The van der Waals surface area contributed by atoms with Crippen molar-refractivity contribution in [2.24, 2.45) is 28.8 Å². The number of hydrogen-bond acceptors (Lipinski definition) is 4. The second-order valence-electron chi connectivity index (χ2n) is 7.80. The number of ether oxygens (including phenoxy) is 1. The Kier molecular flexibility index (Phi) is 4.88. The van der Waals surface area contributed by atoms with E-state index in [0.717, 1.165) is 17.0 Å². The summed E-state index contributed by atoms with van der Waals surface area (Å²) in [6, 6.07) is 12.6. The molecule has 3 aliphatic rings. The molecule has 4 atom stereocenters. The highest BCUT2D eigenvalue weighted by molar-refractivity contribution is 6.32. The lowest BCUT2D eigenvalue weighted by Crippen LogP contribution is -2.28. The second-order valence-corrected chi connectivity index (χ2v) is 8.62. The standard InChI is InChI=1S/C23H18Cl2N2O3/c24-17-4-2-1-3-16(17)12-30-19-8-5-13(9-18(19)25)11-26-27-22(28)20-14-6-7-15(10-14)21(20)23(27)29/h1-9,11,14-15,20-21H,10,12H2/t14-,15-,20-,21+/m0/s1. The first-order valence-corrected chi connectivity index (χ1v) is 10.5. The van der Waals surface area contributed by atoms with Crippen molar-refractivity contribution in [2.45, 2.75) is 13.0 Å². The molecule has 2 aromatic carbocycles. The highest BCUT2D eigenvalue weighted by Crippen LogP contribution is 2.52. The maximum absolute atomic E-state index is 12.7. The molecule has 0 radical (unpaired) electrons. The summed E-state index contributed by atoms with van der Waals surface area (Å²) in [5.74, 6) is -0.0732. The van der Waals surface area contributed by atoms with Crippen molar-refractivity contribution < 1.29 is 14.3 Å². The van der Waals surface area contributed by atoms with Crippen molar-refractivity contribution in [2.75, 3.05) is 0 Å². The smallest absolute Gasteiger partial charge is 0.254 e. The van der Waals surface area contributed by atoms with Gasteiger partial charge < -0.3 is 4.74 Å². The monoisotopic (exact) mass is 440 g/mol. The first-order chi connectivity index (χ1) is 14.5. The van der Waals surface area contributed by atoms with E-state index >= 15 is 0 Å². The number of amides is 2. The molecular formula is C23H18Cl2N2O3. The number of imide groups is 1. The molecule has 0 aromatic heterocycles. The van der Waals surface area contributed by atoms with Gasteiger partial charge in [-0.2, -0.15) is 10.1 Å². The summed E-state index contributed by atoms with van der Waals surface area (Å²) in [6.07, 6.45) is 6.50. The molecule has 1 saturated carbocycles. The fourth-order valence-corrected chi connectivity index (χ4v) is 5.04. The number of carbonyl (C=O) groups is 2. The maximum atomic E-state index is 12.7. The van der Waals surface area contributed by atoms with Gasteiger partial charge in [0.2, 0.25) is 0 Å². The molecule has 0 N–H and O–H groups in total. The van der Waals surface area contributed by atoms with E-state index in [0.29, 0.717) is 28.0 Å². The number of hydrazone groups is 1. The highest BCUT2D eigenvalue weighted by atomic mass is 35.5. The van der Waals surface area contributed by atoms with E-state index in [1.54, 1.807) is 24.3 Å². The van der Waals surface area contributed by atoms with Crippen LogP contribution in [0.25, 0.3) is 0 Å². The van der Waals surface area contributed by atoms with Gasteiger partial charge >= 0.3 is 0 Å². The van der Waals surface area contributed by atoms with Crippen LogP contribution in [0.15, 0.2) is 59.7 Å². The molecule has 2 aromatic rings. The Bertz CT molecular complexity index is 1070. The topological polar surface area (TPSA) is 59.0 Å². The molecule has 2 bridgehead atoms. The van der Waals surface area contributed by atoms with Gasteiger partial charge in [-0.1, -0.05) is 53.6 Å². The molecule has 1 aliphatic heterocycles. The SMILES string of the molecule is O=C1[C@@H]2[C@H](C(=O)N1N=Cc1ccc(OCc3ccccc3Cl)c(Cl)c1)[C@H]1C=C[C@H]2C1. The summed E-state index contributed by atoms with van der Waals surface area (Å²) in [4.78, 5) is 25.4. The minimum Gasteiger partial charge on any atom is -0.487 e. The minimum atomic E-state index is -0.256. The molecule has 2 aliphatic carbocycles. The van der Waals surface area contributed by atoms with Crippen LogP contribution in [0, 0.1) is 23.7 Å². The summed E-state index contributed by atoms with van der Waals surface area (Å²) in [7, 11) is 0. The summed E-state index contributed by atoms with van der Waals surface area (Å²) >= 11 is 12.5. The van der Waals surface area contributed by atoms with Crippen molar-refractivity contribution in [1.82, 2.24) is 5.01 Å². The summed E-state index contributed by atoms with van der Waals surface area (Å²) in [5.41, 5.74) is 1.53. The van der Waals surface area contributed by atoms with E-state index < -0.39 is 0 Å². The first kappa shape index (κ1) is 19.3. The Morgan fingerprint density at radius 2 is 1.70 bits per heavy atom. The fourth-order valence-electron chi connectivity index (χ4n) is 4.61. The number of allylic oxidation sites excluding steroid dienone is 2. The Labute approximate surface area is 183 Å². The molecule has 1 heterocycles. The molecule has 0 unspecified atom stereocenters. The lowest BCUT2D eigenvalue weighted by molar-refractivity contribution is -0.140. The Morgan fingerprint density at radius 3 is 2.37 bits per heavy atom. The lowest BCUT2D eigenvalue weighted by Gasteiger charge is -2.13. The number of fused-ring (bicyclic) bond motifs is 5. The molecule has 5 rings (SSSR count). The highest BCUT2D eigenvalue weighted by Gasteiger charge is 2.59. The van der Waals surface area contributed by atoms with Crippen molar-refractivity contribution in [3.05, 3.63) is 75.8 Å². The van der Waals surface area contributed by atoms with Gasteiger partial charge in [0.1, 0.15) is 12.4 Å². The summed E-state index contributed by atoms with van der Waals surface area (Å²) in [6.45, 7) is 0.294. The Morgan fingerprint density at radius 1 is 1.00 bits per heavy atom.